The zero-order valence-electron chi connectivity index (χ0n) is 17.6. The van der Waals surface area contributed by atoms with Crippen LogP contribution in [0.5, 0.6) is 0 Å². The summed E-state index contributed by atoms with van der Waals surface area (Å²) in [5, 5.41) is 0. The molecule has 0 aromatic heterocycles. The van der Waals surface area contributed by atoms with Crippen LogP contribution < -0.4 is 9.80 Å². The molecule has 0 saturated carbocycles. The molecule has 0 amide bonds. The van der Waals surface area contributed by atoms with Crippen LogP contribution in [0, 0.1) is 13.8 Å². The fourth-order valence-corrected chi connectivity index (χ4v) is 3.43. The third kappa shape index (κ3) is 5.39. The number of nitrogens with zero attached hydrogens (tertiary/aromatic N) is 2. The van der Waals surface area contributed by atoms with Crippen LogP contribution in [0.2, 0.25) is 0 Å². The molecule has 0 bridgehead atoms. The Bertz CT molecular complexity index is 943. The van der Waals surface area contributed by atoms with Gasteiger partial charge in [-0.05, 0) is 62.4 Å². The van der Waals surface area contributed by atoms with Crippen molar-refractivity contribution in [2.24, 2.45) is 0 Å². The van der Waals surface area contributed by atoms with Crippen LogP contribution in [0.1, 0.15) is 11.1 Å². The van der Waals surface area contributed by atoms with Gasteiger partial charge in [-0.15, -0.1) is 0 Å². The van der Waals surface area contributed by atoms with Gasteiger partial charge in [-0.1, -0.05) is 71.8 Å². The summed E-state index contributed by atoms with van der Waals surface area (Å²) in [4.78, 5) is 4.71. The fraction of sp³-hybridized carbons (Fsp3) is 0.111. The van der Waals surface area contributed by atoms with E-state index >= 15 is 0 Å². The molecule has 0 unspecified atom stereocenters. The molecule has 0 aliphatic heterocycles. The quantitative estimate of drug-likeness (QED) is 0.276. The molecule has 0 saturated heterocycles. The van der Waals surface area contributed by atoms with Crippen molar-refractivity contribution in [3.05, 3.63) is 120 Å². The molecule has 1 radical (unpaired) electrons. The molecule has 2 nitrogen and oxygen atoms in total. The molecule has 147 valence electrons. The summed E-state index contributed by atoms with van der Waals surface area (Å²) in [6, 6.07) is 38.6. The van der Waals surface area contributed by atoms with E-state index in [-0.39, 0.29) is 32.7 Å². The van der Waals surface area contributed by atoms with Crippen molar-refractivity contribution in [3.8, 4) is 0 Å². The van der Waals surface area contributed by atoms with Crippen molar-refractivity contribution in [2.45, 2.75) is 13.8 Å². The van der Waals surface area contributed by atoms with Crippen molar-refractivity contribution in [1.82, 2.24) is 0 Å². The van der Waals surface area contributed by atoms with Gasteiger partial charge in [0, 0.05) is 55.5 Å². The summed E-state index contributed by atoms with van der Waals surface area (Å²) in [5.41, 5.74) is 7.22. The van der Waals surface area contributed by atoms with Gasteiger partial charge < -0.3 is 9.80 Å². The Morgan fingerprint density at radius 3 is 1.07 bits per heavy atom. The average Bonchev–Trinajstić information content (AvgIpc) is 2.77. The Morgan fingerprint density at radius 2 is 0.733 bits per heavy atom. The Kier molecular flexibility index (Phi) is 7.84. The standard InChI is InChI=1S/C27H26N2.Y/c1-22-13-17-26(18-14-22)28(24-9-5-3-6-10-24)21-29(25-11-7-4-8-12-25)27-19-15-23(2)16-20-27;/h3-20H,21H2,1-2H3;. The Balaban J connectivity index is 0.00000256. The zero-order chi connectivity index (χ0) is 20.1. The van der Waals surface area contributed by atoms with Gasteiger partial charge in [-0.2, -0.15) is 0 Å². The Labute approximate surface area is 205 Å². The van der Waals surface area contributed by atoms with Gasteiger partial charge in [0.05, 0.1) is 6.67 Å². The minimum atomic E-state index is 0. The smallest absolute Gasteiger partial charge is 0.0999 e. The number of aryl methyl sites for hydroxylation is 2. The van der Waals surface area contributed by atoms with Crippen LogP contribution in [0.4, 0.5) is 22.7 Å². The molecular formula is C27H26N2Y. The van der Waals surface area contributed by atoms with E-state index in [4.69, 9.17) is 0 Å². The molecule has 0 heterocycles. The molecule has 30 heavy (non-hydrogen) atoms. The topological polar surface area (TPSA) is 6.48 Å². The number of benzene rings is 4. The van der Waals surface area contributed by atoms with Gasteiger partial charge in [0.1, 0.15) is 0 Å². The molecule has 0 aliphatic rings. The minimum absolute atomic E-state index is 0. The van der Waals surface area contributed by atoms with Gasteiger partial charge in [0.15, 0.2) is 0 Å². The Hall–Kier alpha value is -2.42. The molecule has 4 rings (SSSR count). The van der Waals surface area contributed by atoms with Crippen LogP contribution in [-0.4, -0.2) is 6.67 Å². The third-order valence-electron chi connectivity index (χ3n) is 5.11. The second-order valence-corrected chi connectivity index (χ2v) is 7.34. The second kappa shape index (κ2) is 10.6. The van der Waals surface area contributed by atoms with E-state index < -0.39 is 0 Å². The van der Waals surface area contributed by atoms with Crippen LogP contribution in [0.25, 0.3) is 0 Å². The van der Waals surface area contributed by atoms with E-state index in [1.165, 1.54) is 33.9 Å². The van der Waals surface area contributed by atoms with E-state index in [2.05, 4.69) is 133 Å². The maximum absolute atomic E-state index is 2.35. The van der Waals surface area contributed by atoms with E-state index in [1.807, 2.05) is 0 Å². The summed E-state index contributed by atoms with van der Waals surface area (Å²) in [6.45, 7) is 4.96. The van der Waals surface area contributed by atoms with E-state index in [0.717, 1.165) is 0 Å². The molecule has 4 aromatic rings. The number of para-hydroxylation sites is 2. The third-order valence-corrected chi connectivity index (χ3v) is 5.11. The van der Waals surface area contributed by atoms with Crippen LogP contribution >= 0.6 is 0 Å². The maximum Gasteiger partial charge on any atom is 0.0999 e. The van der Waals surface area contributed by atoms with Crippen molar-refractivity contribution < 1.29 is 32.7 Å². The van der Waals surface area contributed by atoms with E-state index in [1.54, 1.807) is 0 Å². The van der Waals surface area contributed by atoms with Crippen molar-refractivity contribution >= 4 is 22.7 Å². The SMILES string of the molecule is Cc1ccc(N(CN(c2ccccc2)c2ccc(C)cc2)c2ccccc2)cc1.[Y]. The first-order valence-corrected chi connectivity index (χ1v) is 9.99. The summed E-state index contributed by atoms with van der Waals surface area (Å²) in [5.74, 6) is 0. The normalized spacial score (nSPS) is 10.2. The second-order valence-electron chi connectivity index (χ2n) is 7.34. The van der Waals surface area contributed by atoms with Crippen LogP contribution in [0.15, 0.2) is 109 Å². The predicted octanol–water partition coefficient (Wildman–Crippen LogP) is 7.23. The van der Waals surface area contributed by atoms with Gasteiger partial charge >= 0.3 is 0 Å². The summed E-state index contributed by atoms with van der Waals surface area (Å²) >= 11 is 0. The molecule has 0 atom stereocenters. The molecular weight excluding hydrogens is 441 g/mol. The summed E-state index contributed by atoms with van der Waals surface area (Å²) < 4.78 is 0. The van der Waals surface area contributed by atoms with Crippen molar-refractivity contribution in [3.63, 3.8) is 0 Å². The molecule has 0 N–H and O–H groups in total. The molecule has 0 fully saturated rings. The molecule has 3 heteroatoms. The zero-order valence-corrected chi connectivity index (χ0v) is 20.4. The minimum Gasteiger partial charge on any atom is -0.323 e. The van der Waals surface area contributed by atoms with Crippen LogP contribution in [0.3, 0.4) is 0 Å². The summed E-state index contributed by atoms with van der Waals surface area (Å²) in [6.07, 6.45) is 0. The largest absolute Gasteiger partial charge is 0.323 e. The number of hydrogen-bond donors (Lipinski definition) is 0. The predicted molar refractivity (Wildman–Crippen MR) is 124 cm³/mol. The van der Waals surface area contributed by atoms with E-state index in [0.29, 0.717) is 6.67 Å². The van der Waals surface area contributed by atoms with Crippen LogP contribution in [-0.2, 0) is 32.7 Å². The number of anilines is 4. The van der Waals surface area contributed by atoms with E-state index in [9.17, 15) is 0 Å². The first-order chi connectivity index (χ1) is 14.2. The molecule has 0 aliphatic carbocycles. The first kappa shape index (κ1) is 22.3. The van der Waals surface area contributed by atoms with Gasteiger partial charge in [0.2, 0.25) is 0 Å². The van der Waals surface area contributed by atoms with Gasteiger partial charge in [0.25, 0.3) is 0 Å². The van der Waals surface area contributed by atoms with Gasteiger partial charge in [-0.3, -0.25) is 0 Å². The maximum atomic E-state index is 2.35. The molecule has 0 spiro atoms. The number of rotatable bonds is 6. The number of hydrogen-bond acceptors (Lipinski definition) is 2. The average molecular weight is 467 g/mol. The molecule has 4 aromatic carbocycles. The van der Waals surface area contributed by atoms with Crippen molar-refractivity contribution in [1.29, 1.82) is 0 Å². The Morgan fingerprint density at radius 1 is 0.433 bits per heavy atom. The van der Waals surface area contributed by atoms with Gasteiger partial charge in [-0.25, -0.2) is 0 Å². The van der Waals surface area contributed by atoms with Crippen molar-refractivity contribution in [2.75, 3.05) is 16.5 Å². The first-order valence-electron chi connectivity index (χ1n) is 9.99. The monoisotopic (exact) mass is 467 g/mol. The summed E-state index contributed by atoms with van der Waals surface area (Å²) in [7, 11) is 0. The fourth-order valence-electron chi connectivity index (χ4n) is 3.43.